The molecule has 0 radical (unpaired) electrons. The Morgan fingerprint density at radius 1 is 0.731 bits per heavy atom. The summed E-state index contributed by atoms with van der Waals surface area (Å²) in [7, 11) is 0. The van der Waals surface area contributed by atoms with Crippen molar-refractivity contribution in [2.75, 3.05) is 4.90 Å². The third kappa shape index (κ3) is 9.08. The largest absolute Gasteiger partial charge is 0.311 e. The van der Waals surface area contributed by atoms with Crippen LogP contribution in [0.25, 0.3) is 0 Å². The van der Waals surface area contributed by atoms with Crippen molar-refractivity contribution in [1.82, 2.24) is 0 Å². The van der Waals surface area contributed by atoms with Gasteiger partial charge in [0.1, 0.15) is 0 Å². The van der Waals surface area contributed by atoms with Crippen LogP contribution in [0.15, 0.2) is 97.2 Å². The monoisotopic (exact) mass is 351 g/mol. The number of anilines is 2. The van der Waals surface area contributed by atoms with Crippen LogP contribution in [0.2, 0.25) is 0 Å². The second-order valence-electron chi connectivity index (χ2n) is 4.33. The molecule has 1 heteroatoms. The second kappa shape index (κ2) is 18.8. The molecule has 0 heterocycles. The Balaban J connectivity index is 0. The smallest absolute Gasteiger partial charge is 0.0461 e. The topological polar surface area (TPSA) is 3.24 Å². The van der Waals surface area contributed by atoms with Crippen molar-refractivity contribution in [1.29, 1.82) is 0 Å². The van der Waals surface area contributed by atoms with Gasteiger partial charge >= 0.3 is 0 Å². The molecule has 0 spiro atoms. The Morgan fingerprint density at radius 3 is 1.42 bits per heavy atom. The minimum Gasteiger partial charge on any atom is -0.311 e. The predicted molar refractivity (Wildman–Crippen MR) is 122 cm³/mol. The van der Waals surface area contributed by atoms with Crippen LogP contribution in [0.4, 0.5) is 11.4 Å². The molecule has 0 aliphatic carbocycles. The minimum atomic E-state index is 1.04. The van der Waals surface area contributed by atoms with Crippen molar-refractivity contribution in [3.63, 3.8) is 0 Å². The summed E-state index contributed by atoms with van der Waals surface area (Å²) in [6, 6.07) is 20.6. The molecule has 0 aliphatic heterocycles. The normalized spacial score (nSPS) is 9.58. The molecule has 0 N–H and O–H groups in total. The van der Waals surface area contributed by atoms with E-state index in [0.717, 1.165) is 17.1 Å². The molecule has 0 aliphatic rings. The first-order valence-corrected chi connectivity index (χ1v) is 9.72. The number of nitrogens with zero attached hydrogens (tertiary/aromatic N) is 1. The Hall–Kier alpha value is -2.54. The van der Waals surface area contributed by atoms with E-state index in [1.54, 1.807) is 0 Å². The zero-order valence-corrected chi connectivity index (χ0v) is 17.7. The van der Waals surface area contributed by atoms with E-state index in [4.69, 9.17) is 0 Å². The van der Waals surface area contributed by atoms with Crippen molar-refractivity contribution in [3.8, 4) is 0 Å². The highest BCUT2D eigenvalue weighted by molar-refractivity contribution is 5.70. The molecular formula is C25H37N. The van der Waals surface area contributed by atoms with Gasteiger partial charge in [-0.3, -0.25) is 0 Å². The Morgan fingerprint density at radius 2 is 1.12 bits per heavy atom. The molecule has 0 amide bonds. The van der Waals surface area contributed by atoms with Crippen LogP contribution < -0.4 is 4.90 Å². The van der Waals surface area contributed by atoms with Crippen molar-refractivity contribution in [2.24, 2.45) is 0 Å². The Labute approximate surface area is 162 Å². The molecule has 26 heavy (non-hydrogen) atoms. The van der Waals surface area contributed by atoms with Gasteiger partial charge < -0.3 is 4.90 Å². The fourth-order valence-corrected chi connectivity index (χ4v) is 2.03. The molecule has 0 bridgehead atoms. The number of allylic oxidation sites excluding steroid dienone is 4. The van der Waals surface area contributed by atoms with Crippen molar-refractivity contribution < 1.29 is 0 Å². The lowest BCUT2D eigenvalue weighted by Gasteiger charge is -2.26. The molecule has 142 valence electrons. The molecule has 0 atom stereocenters. The van der Waals surface area contributed by atoms with Gasteiger partial charge in [0.05, 0.1) is 0 Å². The van der Waals surface area contributed by atoms with Gasteiger partial charge in [-0.1, -0.05) is 96.7 Å². The Bertz CT molecular complexity index is 555. The van der Waals surface area contributed by atoms with Crippen LogP contribution in [0.3, 0.4) is 0 Å². The van der Waals surface area contributed by atoms with Gasteiger partial charge in [-0.05, 0) is 43.3 Å². The molecule has 0 saturated heterocycles. The fourth-order valence-electron chi connectivity index (χ4n) is 2.03. The average molecular weight is 352 g/mol. The fraction of sp³-hybridized carbons (Fsp3) is 0.280. The first kappa shape index (κ1) is 25.7. The lowest BCUT2D eigenvalue weighted by molar-refractivity contribution is 1.21. The molecular weight excluding hydrogens is 314 g/mol. The van der Waals surface area contributed by atoms with Crippen LogP contribution in [0.5, 0.6) is 0 Å². The summed E-state index contributed by atoms with van der Waals surface area (Å²) in [6.07, 6.45) is 7.97. The van der Waals surface area contributed by atoms with E-state index < -0.39 is 0 Å². The summed E-state index contributed by atoms with van der Waals surface area (Å²) in [5.41, 5.74) is 3.28. The van der Waals surface area contributed by atoms with Crippen LogP contribution in [-0.4, -0.2) is 0 Å². The second-order valence-corrected chi connectivity index (χ2v) is 4.33. The van der Waals surface area contributed by atoms with Gasteiger partial charge in [-0.15, -0.1) is 0 Å². The van der Waals surface area contributed by atoms with Crippen LogP contribution in [-0.2, 0) is 0 Å². The summed E-state index contributed by atoms with van der Waals surface area (Å²) >= 11 is 0. The lowest BCUT2D eigenvalue weighted by Crippen LogP contribution is -2.14. The quantitative estimate of drug-likeness (QED) is 0.488. The standard InChI is InChI=1S/C19H19N.3C2H6/c1-3-5-12-17(4-2)20(18-13-8-6-9-14-18)19-15-10-7-11-16-19;3*1-2/h3-16H,2H2,1H3;3*1-2H3/b5-3-,17-12+;;;. The van der Waals surface area contributed by atoms with Crippen LogP contribution in [0, 0.1) is 0 Å². The Kier molecular flexibility index (Phi) is 18.6. The zero-order chi connectivity index (χ0) is 20.2. The summed E-state index contributed by atoms with van der Waals surface area (Å²) in [6.45, 7) is 17.9. The lowest BCUT2D eigenvalue weighted by atomic mass is 10.2. The molecule has 2 aromatic rings. The number of benzene rings is 2. The molecule has 1 nitrogen and oxygen atoms in total. The van der Waals surface area contributed by atoms with Gasteiger partial charge in [0.2, 0.25) is 0 Å². The molecule has 0 fully saturated rings. The van der Waals surface area contributed by atoms with Gasteiger partial charge in [-0.2, -0.15) is 0 Å². The number of para-hydroxylation sites is 2. The van der Waals surface area contributed by atoms with Crippen molar-refractivity contribution in [2.45, 2.75) is 48.5 Å². The zero-order valence-electron chi connectivity index (χ0n) is 17.7. The molecule has 0 saturated carbocycles. The van der Waals surface area contributed by atoms with Gasteiger partial charge in [-0.25, -0.2) is 0 Å². The predicted octanol–water partition coefficient (Wildman–Crippen LogP) is 8.55. The maximum Gasteiger partial charge on any atom is 0.0461 e. The summed E-state index contributed by atoms with van der Waals surface area (Å²) in [5, 5.41) is 0. The first-order valence-electron chi connectivity index (χ1n) is 9.72. The summed E-state index contributed by atoms with van der Waals surface area (Å²) < 4.78 is 0. The summed E-state index contributed by atoms with van der Waals surface area (Å²) in [4.78, 5) is 2.19. The van der Waals surface area contributed by atoms with Crippen LogP contribution >= 0.6 is 0 Å². The molecule has 2 rings (SSSR count). The highest BCUT2D eigenvalue weighted by atomic mass is 15.1. The molecule has 0 aromatic heterocycles. The number of hydrogen-bond acceptors (Lipinski definition) is 1. The first-order chi connectivity index (χ1) is 12.9. The highest BCUT2D eigenvalue weighted by Crippen LogP contribution is 2.29. The number of rotatable bonds is 5. The van der Waals surface area contributed by atoms with Crippen molar-refractivity contribution >= 4 is 11.4 Å². The maximum absolute atomic E-state index is 3.94. The molecule has 0 unspecified atom stereocenters. The third-order valence-corrected chi connectivity index (χ3v) is 2.96. The van der Waals surface area contributed by atoms with Crippen molar-refractivity contribution in [3.05, 3.63) is 97.2 Å². The van der Waals surface area contributed by atoms with E-state index in [9.17, 15) is 0 Å². The number of hydrogen-bond donors (Lipinski definition) is 0. The third-order valence-electron chi connectivity index (χ3n) is 2.96. The SMILES string of the molecule is C=C/C(=C\C=C/C)N(c1ccccc1)c1ccccc1.CC.CC.CC. The van der Waals surface area contributed by atoms with Crippen LogP contribution in [0.1, 0.15) is 48.5 Å². The molecule has 2 aromatic carbocycles. The maximum atomic E-state index is 3.94. The van der Waals surface area contributed by atoms with Gasteiger partial charge in [0, 0.05) is 17.1 Å². The van der Waals surface area contributed by atoms with E-state index in [0.29, 0.717) is 0 Å². The minimum absolute atomic E-state index is 1.04. The summed E-state index contributed by atoms with van der Waals surface area (Å²) in [5.74, 6) is 0. The van der Waals surface area contributed by atoms with E-state index >= 15 is 0 Å². The van der Waals surface area contributed by atoms with E-state index in [1.807, 2.05) is 103 Å². The highest BCUT2D eigenvalue weighted by Gasteiger charge is 2.10. The van der Waals surface area contributed by atoms with Gasteiger partial charge in [0.15, 0.2) is 0 Å². The van der Waals surface area contributed by atoms with E-state index in [2.05, 4.69) is 41.8 Å². The average Bonchev–Trinajstić information content (AvgIpc) is 2.76. The van der Waals surface area contributed by atoms with E-state index in [1.165, 1.54) is 0 Å². The van der Waals surface area contributed by atoms with E-state index in [-0.39, 0.29) is 0 Å². The van der Waals surface area contributed by atoms with Gasteiger partial charge in [0.25, 0.3) is 0 Å².